The van der Waals surface area contributed by atoms with Gasteiger partial charge in [0, 0.05) is 24.1 Å². The maximum absolute atomic E-state index is 12.3. The minimum absolute atomic E-state index is 0.310. The van der Waals surface area contributed by atoms with Gasteiger partial charge in [-0.3, -0.25) is 0 Å². The van der Waals surface area contributed by atoms with Gasteiger partial charge in [-0.25, -0.2) is 13.1 Å². The van der Waals surface area contributed by atoms with Crippen LogP contribution in [0, 0.1) is 0 Å². The number of sulfonamides is 1. The summed E-state index contributed by atoms with van der Waals surface area (Å²) in [6.45, 7) is 3.13. The summed E-state index contributed by atoms with van der Waals surface area (Å²) in [5.74, 6) is 0. The van der Waals surface area contributed by atoms with Crippen molar-refractivity contribution in [1.82, 2.24) is 4.72 Å². The van der Waals surface area contributed by atoms with E-state index in [2.05, 4.69) is 20.7 Å². The molecule has 1 saturated heterocycles. The molecule has 2 rings (SSSR count). The standard InChI is InChI=1S/C13H18BrNO3S/c1-13(6-8-18-9-7-13)15-19(16,17)12-4-2-11(10-14)3-5-12/h2-5,15H,6-10H2,1H3. The molecule has 0 saturated carbocycles. The number of nitrogens with one attached hydrogen (secondary N) is 1. The molecule has 0 aliphatic carbocycles. The quantitative estimate of drug-likeness (QED) is 0.851. The number of benzene rings is 1. The molecule has 4 nitrogen and oxygen atoms in total. The van der Waals surface area contributed by atoms with Gasteiger partial charge in [0.05, 0.1) is 4.90 Å². The molecule has 106 valence electrons. The maximum atomic E-state index is 12.3. The molecule has 0 amide bonds. The van der Waals surface area contributed by atoms with Gasteiger partial charge in [0.1, 0.15) is 0 Å². The van der Waals surface area contributed by atoms with E-state index in [-0.39, 0.29) is 0 Å². The molecule has 0 unspecified atom stereocenters. The summed E-state index contributed by atoms with van der Waals surface area (Å²) in [4.78, 5) is 0.310. The third-order valence-corrected chi connectivity index (χ3v) is 5.67. The Hall–Kier alpha value is -0.430. The zero-order valence-electron chi connectivity index (χ0n) is 10.9. The lowest BCUT2D eigenvalue weighted by molar-refractivity contribution is 0.0537. The van der Waals surface area contributed by atoms with Crippen molar-refractivity contribution < 1.29 is 13.2 Å². The van der Waals surface area contributed by atoms with Crippen LogP contribution in [0.1, 0.15) is 25.3 Å². The highest BCUT2D eigenvalue weighted by Gasteiger charge is 2.32. The second-order valence-electron chi connectivity index (χ2n) is 5.06. The lowest BCUT2D eigenvalue weighted by Crippen LogP contribution is -2.49. The van der Waals surface area contributed by atoms with Gasteiger partial charge >= 0.3 is 0 Å². The monoisotopic (exact) mass is 347 g/mol. The topological polar surface area (TPSA) is 55.4 Å². The number of hydrogen-bond acceptors (Lipinski definition) is 3. The van der Waals surface area contributed by atoms with Crippen LogP contribution in [0.3, 0.4) is 0 Å². The molecule has 1 aromatic rings. The van der Waals surface area contributed by atoms with Gasteiger partial charge in [-0.15, -0.1) is 0 Å². The normalized spacial score (nSPS) is 19.3. The zero-order chi connectivity index (χ0) is 13.9. The van der Waals surface area contributed by atoms with Crippen molar-refractivity contribution in [2.24, 2.45) is 0 Å². The molecular weight excluding hydrogens is 330 g/mol. The van der Waals surface area contributed by atoms with Crippen molar-refractivity contribution in [3.05, 3.63) is 29.8 Å². The molecule has 1 fully saturated rings. The number of rotatable bonds is 4. The highest BCUT2D eigenvalue weighted by molar-refractivity contribution is 9.08. The third kappa shape index (κ3) is 3.78. The van der Waals surface area contributed by atoms with E-state index in [0.29, 0.717) is 31.0 Å². The van der Waals surface area contributed by atoms with Gasteiger partial charge < -0.3 is 4.74 Å². The second kappa shape index (κ2) is 5.91. The molecule has 0 spiro atoms. The number of ether oxygens (including phenoxy) is 1. The summed E-state index contributed by atoms with van der Waals surface area (Å²) in [7, 11) is -3.46. The molecule has 1 aromatic carbocycles. The largest absolute Gasteiger partial charge is 0.381 e. The van der Waals surface area contributed by atoms with Crippen LogP contribution in [0.2, 0.25) is 0 Å². The minimum atomic E-state index is -3.46. The molecule has 0 bridgehead atoms. The van der Waals surface area contributed by atoms with Crippen molar-refractivity contribution in [2.45, 2.75) is 35.5 Å². The highest BCUT2D eigenvalue weighted by atomic mass is 79.9. The molecule has 1 aliphatic heterocycles. The lowest BCUT2D eigenvalue weighted by Gasteiger charge is -2.34. The molecule has 1 heterocycles. The molecule has 1 N–H and O–H groups in total. The Kier molecular flexibility index (Phi) is 4.66. The average molecular weight is 348 g/mol. The van der Waals surface area contributed by atoms with Crippen LogP contribution in [0.4, 0.5) is 0 Å². The van der Waals surface area contributed by atoms with E-state index in [9.17, 15) is 8.42 Å². The highest BCUT2D eigenvalue weighted by Crippen LogP contribution is 2.23. The SMILES string of the molecule is CC1(NS(=O)(=O)c2ccc(CBr)cc2)CCOCC1. The first-order valence-electron chi connectivity index (χ1n) is 6.22. The van der Waals surface area contributed by atoms with Crippen LogP contribution in [-0.2, 0) is 20.1 Å². The van der Waals surface area contributed by atoms with Crippen LogP contribution >= 0.6 is 15.9 Å². The van der Waals surface area contributed by atoms with Crippen LogP contribution in [0.15, 0.2) is 29.2 Å². The Labute approximate surface area is 122 Å². The molecule has 0 aromatic heterocycles. The predicted octanol–water partition coefficient (Wildman–Crippen LogP) is 2.43. The molecule has 6 heteroatoms. The Balaban J connectivity index is 2.17. The first-order valence-corrected chi connectivity index (χ1v) is 8.82. The fourth-order valence-corrected chi connectivity index (χ4v) is 3.90. The van der Waals surface area contributed by atoms with E-state index in [4.69, 9.17) is 4.74 Å². The maximum Gasteiger partial charge on any atom is 0.241 e. The lowest BCUT2D eigenvalue weighted by atomic mass is 9.94. The van der Waals surface area contributed by atoms with Gasteiger partial charge in [0.25, 0.3) is 0 Å². The summed E-state index contributed by atoms with van der Waals surface area (Å²) in [5, 5.41) is 0.718. The Morgan fingerprint density at radius 2 is 1.84 bits per heavy atom. The fraction of sp³-hybridized carbons (Fsp3) is 0.538. The number of alkyl halides is 1. The van der Waals surface area contributed by atoms with Crippen molar-refractivity contribution in [1.29, 1.82) is 0 Å². The molecule has 0 radical (unpaired) electrons. The molecule has 19 heavy (non-hydrogen) atoms. The zero-order valence-corrected chi connectivity index (χ0v) is 13.3. The van der Waals surface area contributed by atoms with Crippen molar-refractivity contribution in [3.8, 4) is 0 Å². The van der Waals surface area contributed by atoms with E-state index in [0.717, 1.165) is 10.9 Å². The van der Waals surface area contributed by atoms with E-state index in [1.165, 1.54) is 0 Å². The fourth-order valence-electron chi connectivity index (χ4n) is 2.06. The smallest absolute Gasteiger partial charge is 0.241 e. The first kappa shape index (κ1) is 15.0. The molecule has 1 aliphatic rings. The number of halogens is 1. The Bertz CT molecular complexity index is 521. The van der Waals surface area contributed by atoms with Crippen molar-refractivity contribution in [3.63, 3.8) is 0 Å². The summed E-state index contributed by atoms with van der Waals surface area (Å²) in [6, 6.07) is 6.91. The van der Waals surface area contributed by atoms with E-state index >= 15 is 0 Å². The Morgan fingerprint density at radius 1 is 1.26 bits per heavy atom. The summed E-state index contributed by atoms with van der Waals surface area (Å²) >= 11 is 3.34. The van der Waals surface area contributed by atoms with Gasteiger partial charge in [-0.05, 0) is 37.5 Å². The van der Waals surface area contributed by atoms with Crippen molar-refractivity contribution in [2.75, 3.05) is 13.2 Å². The average Bonchev–Trinajstić information content (AvgIpc) is 2.38. The third-order valence-electron chi connectivity index (χ3n) is 3.37. The van der Waals surface area contributed by atoms with Crippen LogP contribution < -0.4 is 4.72 Å². The predicted molar refractivity (Wildman–Crippen MR) is 77.9 cm³/mol. The van der Waals surface area contributed by atoms with Gasteiger partial charge in [-0.2, -0.15) is 0 Å². The van der Waals surface area contributed by atoms with Gasteiger partial charge in [-0.1, -0.05) is 28.1 Å². The first-order chi connectivity index (χ1) is 8.95. The molecular formula is C13H18BrNO3S. The summed E-state index contributed by atoms with van der Waals surface area (Å²) < 4.78 is 32.8. The van der Waals surface area contributed by atoms with Crippen molar-refractivity contribution >= 4 is 26.0 Å². The van der Waals surface area contributed by atoms with Crippen LogP contribution in [0.25, 0.3) is 0 Å². The van der Waals surface area contributed by atoms with Gasteiger partial charge in [0.2, 0.25) is 10.0 Å². The van der Waals surface area contributed by atoms with Crippen LogP contribution in [0.5, 0.6) is 0 Å². The van der Waals surface area contributed by atoms with E-state index < -0.39 is 15.6 Å². The summed E-state index contributed by atoms with van der Waals surface area (Å²) in [5.41, 5.74) is 0.641. The van der Waals surface area contributed by atoms with E-state index in [1.807, 2.05) is 19.1 Å². The van der Waals surface area contributed by atoms with Gasteiger partial charge in [0.15, 0.2) is 0 Å². The number of hydrogen-bond donors (Lipinski definition) is 1. The van der Waals surface area contributed by atoms with E-state index in [1.54, 1.807) is 12.1 Å². The minimum Gasteiger partial charge on any atom is -0.381 e. The Morgan fingerprint density at radius 3 is 2.37 bits per heavy atom. The summed E-state index contributed by atoms with van der Waals surface area (Å²) in [6.07, 6.45) is 1.40. The molecule has 0 atom stereocenters. The second-order valence-corrected chi connectivity index (χ2v) is 7.30. The van der Waals surface area contributed by atoms with Crippen LogP contribution in [-0.4, -0.2) is 27.2 Å².